The molecule has 5 nitrogen and oxygen atoms in total. The van der Waals surface area contributed by atoms with Gasteiger partial charge >= 0.3 is 0 Å². The van der Waals surface area contributed by atoms with Gasteiger partial charge in [0.25, 0.3) is 8.32 Å². The van der Waals surface area contributed by atoms with Gasteiger partial charge in [-0.15, -0.1) is 0 Å². The van der Waals surface area contributed by atoms with Gasteiger partial charge < -0.3 is 23.4 Å². The molecular weight excluding hydrogens is 552 g/mol. The zero-order valence-corrected chi connectivity index (χ0v) is 26.7. The Balaban J connectivity index is 1.40. The van der Waals surface area contributed by atoms with Gasteiger partial charge in [0.15, 0.2) is 6.29 Å². The van der Waals surface area contributed by atoms with Crippen LogP contribution in [0.2, 0.25) is 5.04 Å². The van der Waals surface area contributed by atoms with E-state index in [9.17, 15) is 0 Å². The molecule has 4 aromatic rings. The van der Waals surface area contributed by atoms with E-state index in [1.807, 2.05) is 36.4 Å². The van der Waals surface area contributed by atoms with Crippen LogP contribution < -0.4 is 10.4 Å². The van der Waals surface area contributed by atoms with Crippen molar-refractivity contribution in [2.24, 2.45) is 0 Å². The molecule has 1 heterocycles. The number of methoxy groups -OCH3 is 1. The van der Waals surface area contributed by atoms with Crippen LogP contribution in [-0.4, -0.2) is 46.6 Å². The molecule has 1 aliphatic heterocycles. The van der Waals surface area contributed by atoms with Crippen LogP contribution in [0, 0.1) is 0 Å². The molecule has 0 aliphatic carbocycles. The van der Waals surface area contributed by atoms with Gasteiger partial charge in [-0.05, 0) is 26.5 Å². The first kappa shape index (κ1) is 31.3. The van der Waals surface area contributed by atoms with Gasteiger partial charge in [0.1, 0.15) is 6.10 Å². The van der Waals surface area contributed by atoms with Gasteiger partial charge in [-0.25, -0.2) is 0 Å². The molecule has 0 saturated carbocycles. The Bertz CT molecular complexity index is 1320. The second kappa shape index (κ2) is 14.6. The molecule has 4 aromatic carbocycles. The predicted molar refractivity (Wildman–Crippen MR) is 174 cm³/mol. The third-order valence-electron chi connectivity index (χ3n) is 8.18. The summed E-state index contributed by atoms with van der Waals surface area (Å²) in [5.74, 6) is 0. The summed E-state index contributed by atoms with van der Waals surface area (Å²) < 4.78 is 32.7. The Labute approximate surface area is 257 Å². The van der Waals surface area contributed by atoms with E-state index < -0.39 is 20.7 Å². The average Bonchev–Trinajstić information content (AvgIpc) is 3.04. The highest BCUT2D eigenvalue weighted by Crippen LogP contribution is 2.38. The summed E-state index contributed by atoms with van der Waals surface area (Å²) in [4.78, 5) is 0. The van der Waals surface area contributed by atoms with Gasteiger partial charge in [0, 0.05) is 13.5 Å². The van der Waals surface area contributed by atoms with Gasteiger partial charge in [0.05, 0.1) is 32.0 Å². The molecule has 226 valence electrons. The van der Waals surface area contributed by atoms with Crippen LogP contribution in [-0.2, 0) is 36.6 Å². The topological polar surface area (TPSA) is 46.2 Å². The zero-order chi connectivity index (χ0) is 30.1. The van der Waals surface area contributed by atoms with Crippen molar-refractivity contribution in [2.75, 3.05) is 13.7 Å². The second-order valence-corrected chi connectivity index (χ2v) is 16.5. The largest absolute Gasteiger partial charge is 0.405 e. The molecule has 1 fully saturated rings. The van der Waals surface area contributed by atoms with E-state index in [0.717, 1.165) is 11.1 Å². The highest BCUT2D eigenvalue weighted by atomic mass is 28.4. The lowest BCUT2D eigenvalue weighted by Crippen LogP contribution is -2.67. The monoisotopic (exact) mass is 596 g/mol. The highest BCUT2D eigenvalue weighted by molar-refractivity contribution is 6.99. The maximum atomic E-state index is 7.24. The smallest absolute Gasteiger partial charge is 0.261 e. The molecule has 4 atom stereocenters. The van der Waals surface area contributed by atoms with E-state index in [2.05, 4.69) is 106 Å². The maximum Gasteiger partial charge on any atom is 0.261 e. The fourth-order valence-electron chi connectivity index (χ4n) is 6.06. The van der Waals surface area contributed by atoms with Crippen molar-refractivity contribution in [3.8, 4) is 0 Å². The second-order valence-electron chi connectivity index (χ2n) is 12.2. The molecule has 0 bridgehead atoms. The fourth-order valence-corrected chi connectivity index (χ4v) is 10.7. The first-order valence-corrected chi connectivity index (χ1v) is 17.1. The minimum absolute atomic E-state index is 0.129. The molecule has 0 unspecified atom stereocenters. The summed E-state index contributed by atoms with van der Waals surface area (Å²) in [5, 5.41) is 2.36. The minimum Gasteiger partial charge on any atom is -0.405 e. The predicted octanol–water partition coefficient (Wildman–Crippen LogP) is 6.50. The van der Waals surface area contributed by atoms with Gasteiger partial charge in [0.2, 0.25) is 0 Å². The molecule has 0 aromatic heterocycles. The Kier molecular flexibility index (Phi) is 10.6. The molecular formula is C37H44O5Si. The van der Waals surface area contributed by atoms with Crippen molar-refractivity contribution < 1.29 is 23.4 Å². The van der Waals surface area contributed by atoms with E-state index in [1.54, 1.807) is 7.11 Å². The summed E-state index contributed by atoms with van der Waals surface area (Å²) in [7, 11) is -1.06. The lowest BCUT2D eigenvalue weighted by Gasteiger charge is -2.45. The number of hydrogen-bond donors (Lipinski definition) is 0. The number of benzene rings is 4. The number of hydrogen-bond acceptors (Lipinski definition) is 5. The highest BCUT2D eigenvalue weighted by Gasteiger charge is 2.51. The summed E-state index contributed by atoms with van der Waals surface area (Å²) in [6, 6.07) is 41.8. The van der Waals surface area contributed by atoms with Crippen LogP contribution in [0.1, 0.15) is 38.3 Å². The van der Waals surface area contributed by atoms with Crippen LogP contribution >= 0.6 is 0 Å². The first-order chi connectivity index (χ1) is 20.9. The fraction of sp³-hybridized carbons (Fsp3) is 0.351. The SMILES string of the molecule is CO[C@H]1O[C@H](CO[Si](c2ccccc2)(c2ccccc2)C(C)(C)C)C[C@H](OCc2ccccc2)[C@H]1OCc1ccccc1. The van der Waals surface area contributed by atoms with Gasteiger partial charge in [-0.3, -0.25) is 0 Å². The number of rotatable bonds is 12. The molecule has 0 N–H and O–H groups in total. The molecule has 5 rings (SSSR count). The quantitative estimate of drug-likeness (QED) is 0.175. The van der Waals surface area contributed by atoms with Crippen LogP contribution in [0.3, 0.4) is 0 Å². The first-order valence-electron chi connectivity index (χ1n) is 15.1. The average molecular weight is 597 g/mol. The summed E-state index contributed by atoms with van der Waals surface area (Å²) in [6.45, 7) is 8.22. The summed E-state index contributed by atoms with van der Waals surface area (Å²) in [5.41, 5.74) is 2.21. The molecule has 0 spiro atoms. The van der Waals surface area contributed by atoms with Crippen molar-refractivity contribution in [1.82, 2.24) is 0 Å². The minimum atomic E-state index is -2.73. The van der Waals surface area contributed by atoms with Crippen LogP contribution in [0.15, 0.2) is 121 Å². The Morgan fingerprint density at radius 2 is 1.14 bits per heavy atom. The third-order valence-corrected chi connectivity index (χ3v) is 13.2. The van der Waals surface area contributed by atoms with Crippen molar-refractivity contribution in [3.63, 3.8) is 0 Å². The normalized spacial score (nSPS) is 21.0. The van der Waals surface area contributed by atoms with E-state index in [1.165, 1.54) is 10.4 Å². The van der Waals surface area contributed by atoms with Crippen LogP contribution in [0.4, 0.5) is 0 Å². The Hall–Kier alpha value is -3.10. The van der Waals surface area contributed by atoms with E-state index in [0.29, 0.717) is 26.2 Å². The van der Waals surface area contributed by atoms with Crippen molar-refractivity contribution in [2.45, 2.75) is 70.0 Å². The standard InChI is InChI=1S/C37H44O5Si/c1-37(2,3)43(32-21-13-7-14-22-32,33-23-15-8-16-24-33)41-28-31-25-34(39-26-29-17-9-5-10-18-29)35(36(38-4)42-31)40-27-30-19-11-6-12-20-30/h5-24,31,34-36H,25-28H2,1-4H3/t31-,34-,35+,36-/m0/s1. The maximum absolute atomic E-state index is 7.24. The lowest BCUT2D eigenvalue weighted by atomic mass is 10.0. The molecule has 1 aliphatic rings. The van der Waals surface area contributed by atoms with E-state index in [4.69, 9.17) is 23.4 Å². The summed E-state index contributed by atoms with van der Waals surface area (Å²) >= 11 is 0. The lowest BCUT2D eigenvalue weighted by molar-refractivity contribution is -0.283. The van der Waals surface area contributed by atoms with Crippen molar-refractivity contribution in [1.29, 1.82) is 0 Å². The number of ether oxygens (including phenoxy) is 4. The van der Waals surface area contributed by atoms with E-state index in [-0.39, 0.29) is 17.2 Å². The molecule has 43 heavy (non-hydrogen) atoms. The molecule has 1 saturated heterocycles. The molecule has 0 radical (unpaired) electrons. The van der Waals surface area contributed by atoms with Crippen molar-refractivity contribution in [3.05, 3.63) is 132 Å². The van der Waals surface area contributed by atoms with Gasteiger partial charge in [-0.2, -0.15) is 0 Å². The third kappa shape index (κ3) is 7.52. The van der Waals surface area contributed by atoms with Crippen LogP contribution in [0.25, 0.3) is 0 Å². The summed E-state index contributed by atoms with van der Waals surface area (Å²) in [6.07, 6.45) is -0.826. The van der Waals surface area contributed by atoms with E-state index >= 15 is 0 Å². The molecule has 6 heteroatoms. The Morgan fingerprint density at radius 1 is 0.674 bits per heavy atom. The van der Waals surface area contributed by atoms with Crippen LogP contribution in [0.5, 0.6) is 0 Å². The van der Waals surface area contributed by atoms with Crippen molar-refractivity contribution >= 4 is 18.7 Å². The van der Waals surface area contributed by atoms with Gasteiger partial charge in [-0.1, -0.05) is 142 Å². The molecule has 0 amide bonds. The zero-order valence-electron chi connectivity index (χ0n) is 25.7. The Morgan fingerprint density at radius 3 is 1.60 bits per heavy atom.